The highest BCUT2D eigenvalue weighted by Crippen LogP contribution is 2.16. The number of quaternary nitrogens is 2. The van der Waals surface area contributed by atoms with Crippen LogP contribution in [-0.2, 0) is 29.6 Å². The molecule has 16 nitrogen and oxygen atoms in total. The standard InChI is InChI=1S/2C43H83N3O3.H2O4S/c2*1-4-6-8-10-12-14-16-18-20-22-24-26-28-30-32-34-42(48)44-36-38-46(3,40-41-47)39-37-45-43(49)35-33-31-29-27-25-23-21-19-17-15-13-11-9-7-5-2;1-5(2,3)4/h2*18-21,47H,4-17,22-41H2,1-3H3,(H-,44,45,48,49);(H2,1,2,3,4)/b2*20-18-,21-19-;. The Bertz CT molecular complexity index is 1820. The number of amides is 4. The number of aliphatic hydroxyl groups excluding tert-OH is 2. The van der Waals surface area contributed by atoms with Gasteiger partial charge in [0.1, 0.15) is 13.1 Å². The lowest BCUT2D eigenvalue weighted by molar-refractivity contribution is -0.907. The van der Waals surface area contributed by atoms with Gasteiger partial charge in [-0.2, -0.15) is 0 Å². The van der Waals surface area contributed by atoms with E-state index in [1.165, 1.54) is 283 Å². The lowest BCUT2D eigenvalue weighted by Crippen LogP contribution is -2.53. The van der Waals surface area contributed by atoms with Crippen LogP contribution in [0, 0.1) is 0 Å². The molecule has 0 rings (SSSR count). The van der Waals surface area contributed by atoms with Crippen LogP contribution < -0.4 is 21.3 Å². The predicted octanol–water partition coefficient (Wildman–Crippen LogP) is 20.1. The van der Waals surface area contributed by atoms with Crippen molar-refractivity contribution in [1.82, 2.24) is 21.3 Å². The summed E-state index contributed by atoms with van der Waals surface area (Å²) in [5.74, 6) is 0.505. The maximum Gasteiger partial charge on any atom is 0.220 e. The van der Waals surface area contributed by atoms with Crippen molar-refractivity contribution in [3.63, 3.8) is 0 Å². The minimum absolute atomic E-state index is 0.0994. The summed E-state index contributed by atoms with van der Waals surface area (Å²) in [6.45, 7) is 15.9. The van der Waals surface area contributed by atoms with E-state index in [1.54, 1.807) is 0 Å². The number of likely N-dealkylation sites (N-methyl/N-ethyl adjacent to an activating group) is 2. The zero-order valence-corrected chi connectivity index (χ0v) is 69.0. The van der Waals surface area contributed by atoms with Crippen molar-refractivity contribution in [3.05, 3.63) is 48.6 Å². The number of allylic oxidation sites excluding steroid dienone is 8. The van der Waals surface area contributed by atoms with Crippen LogP contribution in [0.5, 0.6) is 0 Å². The van der Waals surface area contributed by atoms with Crippen molar-refractivity contribution in [2.24, 2.45) is 0 Å². The van der Waals surface area contributed by atoms with Gasteiger partial charge in [-0.3, -0.25) is 27.6 Å². The zero-order valence-electron chi connectivity index (χ0n) is 68.2. The number of hydrogen-bond acceptors (Lipinski definition) is 10. The molecule has 0 aliphatic carbocycles. The monoisotopic (exact) mass is 1480 g/mol. The molecular weight excluding hydrogens is 1310 g/mol. The number of rotatable bonds is 76. The molecule has 4 amide bonds. The second kappa shape index (κ2) is 82.6. The molecule has 0 unspecified atom stereocenters. The molecule has 0 saturated carbocycles. The number of nitrogens with one attached hydrogen (secondary N) is 4. The largest absolute Gasteiger partial charge is 0.759 e. The normalized spacial score (nSPS) is 12.0. The highest BCUT2D eigenvalue weighted by atomic mass is 32.3. The molecule has 0 aromatic rings. The SMILES string of the molecule is CCCCCCCC/C=C\CCCCCCCC(=O)NCC[N+](C)(CCO)CCNC(=O)CCCCCCC/C=C\CCCCCCCC.CCCCCCCC/C=C\CCCCCCCC(=O)NCC[N+](C)(CCO)CCNC(=O)CCCCCCC/C=C\CCCCCCCC.O=S(=O)([O-])[O-]. The van der Waals surface area contributed by atoms with E-state index in [4.69, 9.17) is 17.5 Å². The molecule has 0 heterocycles. The van der Waals surface area contributed by atoms with Gasteiger partial charge in [0.25, 0.3) is 0 Å². The summed E-state index contributed by atoms with van der Waals surface area (Å²) in [5, 5.41) is 31.6. The molecule has 0 aliphatic rings. The quantitative estimate of drug-likeness (QED) is 0.0111. The Kier molecular flexibility index (Phi) is 83.2. The summed E-state index contributed by atoms with van der Waals surface area (Å²) >= 11 is 0. The average molecular weight is 1480 g/mol. The minimum atomic E-state index is -5.17. The Labute approximate surface area is 636 Å². The van der Waals surface area contributed by atoms with E-state index in [0.717, 1.165) is 77.5 Å². The highest BCUT2D eigenvalue weighted by molar-refractivity contribution is 7.79. The zero-order chi connectivity index (χ0) is 76.4. The van der Waals surface area contributed by atoms with Gasteiger partial charge in [0.05, 0.1) is 79.7 Å². The Balaban J connectivity index is -0.00000182. The average Bonchev–Trinajstić information content (AvgIpc) is 0.967. The van der Waals surface area contributed by atoms with Gasteiger partial charge in [-0.25, -0.2) is 0 Å². The van der Waals surface area contributed by atoms with Crippen LogP contribution in [0.2, 0.25) is 0 Å². The first kappa shape index (κ1) is 104. The molecule has 0 bridgehead atoms. The van der Waals surface area contributed by atoms with Crippen LogP contribution in [-0.4, -0.2) is 153 Å². The number of aliphatic hydroxyl groups is 2. The van der Waals surface area contributed by atoms with Crippen LogP contribution in [0.1, 0.15) is 387 Å². The predicted molar refractivity (Wildman–Crippen MR) is 436 cm³/mol. The molecule has 0 fully saturated rings. The Morgan fingerprint density at radius 3 is 0.573 bits per heavy atom. The van der Waals surface area contributed by atoms with Crippen LogP contribution >= 0.6 is 0 Å². The fourth-order valence-corrected chi connectivity index (χ4v) is 12.8. The Morgan fingerprint density at radius 2 is 0.417 bits per heavy atom. The first-order chi connectivity index (χ1) is 49.9. The first-order valence-corrected chi connectivity index (χ1v) is 44.5. The maximum absolute atomic E-state index is 12.4. The van der Waals surface area contributed by atoms with E-state index in [0.29, 0.717) is 73.9 Å². The number of unbranched alkanes of at least 4 members (excludes halogenated alkanes) is 44. The van der Waals surface area contributed by atoms with Gasteiger partial charge >= 0.3 is 0 Å². The summed E-state index contributed by atoms with van der Waals surface area (Å²) in [7, 11) is -0.968. The third-order valence-corrected chi connectivity index (χ3v) is 19.8. The van der Waals surface area contributed by atoms with E-state index in [9.17, 15) is 29.4 Å². The number of nitrogens with zero attached hydrogens (tertiary/aromatic N) is 2. The third kappa shape index (κ3) is 90.9. The molecule has 6 N–H and O–H groups in total. The van der Waals surface area contributed by atoms with Crippen molar-refractivity contribution >= 4 is 34.0 Å². The topological polar surface area (TPSA) is 237 Å². The highest BCUT2D eigenvalue weighted by Gasteiger charge is 2.23. The molecule has 0 spiro atoms. The van der Waals surface area contributed by atoms with Gasteiger partial charge in [-0.15, -0.1) is 0 Å². The van der Waals surface area contributed by atoms with Crippen molar-refractivity contribution in [1.29, 1.82) is 0 Å². The lowest BCUT2D eigenvalue weighted by Gasteiger charge is -2.34. The van der Waals surface area contributed by atoms with Gasteiger partial charge < -0.3 is 49.6 Å². The fourth-order valence-electron chi connectivity index (χ4n) is 12.8. The molecular formula is C86H168N6O10S. The van der Waals surface area contributed by atoms with Gasteiger partial charge in [-0.05, 0) is 128 Å². The molecule has 0 aliphatic heterocycles. The van der Waals surface area contributed by atoms with Gasteiger partial charge in [-0.1, -0.05) is 282 Å². The van der Waals surface area contributed by atoms with Crippen molar-refractivity contribution in [2.75, 3.05) is 92.8 Å². The minimum Gasteiger partial charge on any atom is -0.759 e. The molecule has 0 saturated heterocycles. The van der Waals surface area contributed by atoms with Crippen molar-refractivity contribution in [2.45, 2.75) is 387 Å². The van der Waals surface area contributed by atoms with Crippen LogP contribution in [0.15, 0.2) is 48.6 Å². The van der Waals surface area contributed by atoms with E-state index in [2.05, 4.69) is 112 Å². The molecule has 0 radical (unpaired) electrons. The smallest absolute Gasteiger partial charge is 0.220 e. The molecule has 17 heteroatoms. The number of carbonyl (C=O) groups excluding carboxylic acids is 4. The lowest BCUT2D eigenvalue weighted by atomic mass is 10.1. The summed E-state index contributed by atoms with van der Waals surface area (Å²) in [6, 6.07) is 0. The summed E-state index contributed by atoms with van der Waals surface area (Å²) in [4.78, 5) is 49.5. The van der Waals surface area contributed by atoms with Crippen LogP contribution in [0.3, 0.4) is 0 Å². The number of carbonyl (C=O) groups is 4. The molecule has 103 heavy (non-hydrogen) atoms. The fraction of sp³-hybridized carbons (Fsp3) is 0.860. The second-order valence-electron chi connectivity index (χ2n) is 30.2. The Hall–Kier alpha value is -3.45. The van der Waals surface area contributed by atoms with E-state index >= 15 is 0 Å². The van der Waals surface area contributed by atoms with Gasteiger partial charge in [0.2, 0.25) is 23.6 Å². The first-order valence-electron chi connectivity index (χ1n) is 43.2. The molecule has 0 atom stereocenters. The number of hydrogen-bond donors (Lipinski definition) is 6. The van der Waals surface area contributed by atoms with E-state index in [-0.39, 0.29) is 36.8 Å². The summed E-state index contributed by atoms with van der Waals surface area (Å²) in [5.41, 5.74) is 0. The van der Waals surface area contributed by atoms with Crippen molar-refractivity contribution < 1.29 is 55.9 Å². The van der Waals surface area contributed by atoms with Gasteiger partial charge in [0.15, 0.2) is 0 Å². The summed E-state index contributed by atoms with van der Waals surface area (Å²) in [6.07, 6.45) is 86.7. The van der Waals surface area contributed by atoms with Crippen molar-refractivity contribution in [3.8, 4) is 0 Å². The molecule has 0 aromatic carbocycles. The molecule has 608 valence electrons. The molecule has 0 aromatic heterocycles. The van der Waals surface area contributed by atoms with E-state index < -0.39 is 10.4 Å². The van der Waals surface area contributed by atoms with Crippen LogP contribution in [0.4, 0.5) is 0 Å². The second-order valence-corrected chi connectivity index (χ2v) is 31.0. The third-order valence-electron chi connectivity index (χ3n) is 19.8. The van der Waals surface area contributed by atoms with Crippen LogP contribution in [0.25, 0.3) is 0 Å². The van der Waals surface area contributed by atoms with Gasteiger partial charge in [0, 0.05) is 36.1 Å². The maximum atomic E-state index is 12.4. The summed E-state index contributed by atoms with van der Waals surface area (Å²) < 4.78 is 35.4. The van der Waals surface area contributed by atoms with E-state index in [1.807, 2.05) is 0 Å². The Morgan fingerprint density at radius 1 is 0.272 bits per heavy atom.